The van der Waals surface area contributed by atoms with Crippen molar-refractivity contribution in [2.75, 3.05) is 25.6 Å². The highest BCUT2D eigenvalue weighted by Gasteiger charge is 2.31. The molecule has 1 saturated heterocycles. The maximum Gasteiger partial charge on any atom is 0.229 e. The molecule has 2 N–H and O–H groups in total. The number of carbonyl (C=O) groups is 1. The molecule has 1 aromatic heterocycles. The summed E-state index contributed by atoms with van der Waals surface area (Å²) < 4.78 is 5.25. The summed E-state index contributed by atoms with van der Waals surface area (Å²) in [7, 11) is 3.34. The Bertz CT molecular complexity index is 826. The van der Waals surface area contributed by atoms with Crippen LogP contribution < -0.4 is 20.3 Å². The zero-order valence-electron chi connectivity index (χ0n) is 16.3. The molecule has 0 radical (unpaired) electrons. The number of rotatable bonds is 5. The fourth-order valence-corrected chi connectivity index (χ4v) is 3.01. The van der Waals surface area contributed by atoms with Gasteiger partial charge in [-0.3, -0.25) is 14.8 Å². The van der Waals surface area contributed by atoms with Crippen molar-refractivity contribution in [2.45, 2.75) is 25.9 Å². The molecule has 8 heteroatoms. The van der Waals surface area contributed by atoms with Crippen molar-refractivity contribution in [2.24, 2.45) is 4.99 Å². The van der Waals surface area contributed by atoms with Gasteiger partial charge in [-0.2, -0.15) is 0 Å². The number of benzene rings is 1. The van der Waals surface area contributed by atoms with E-state index in [1.807, 2.05) is 49.5 Å². The molecular weight excluding hydrogens is 469 g/mol. The van der Waals surface area contributed by atoms with Crippen LogP contribution in [0.5, 0.6) is 5.75 Å². The normalized spacial score (nSPS) is 16.5. The first-order chi connectivity index (χ1) is 13.1. The van der Waals surface area contributed by atoms with Crippen LogP contribution in [0.25, 0.3) is 0 Å². The van der Waals surface area contributed by atoms with Crippen molar-refractivity contribution in [1.82, 2.24) is 15.6 Å². The molecule has 1 fully saturated rings. The van der Waals surface area contributed by atoms with E-state index < -0.39 is 0 Å². The van der Waals surface area contributed by atoms with Gasteiger partial charge in [0.1, 0.15) is 5.75 Å². The van der Waals surface area contributed by atoms with Gasteiger partial charge in [0, 0.05) is 50.2 Å². The van der Waals surface area contributed by atoms with Crippen molar-refractivity contribution in [3.05, 3.63) is 53.9 Å². The second kappa shape index (κ2) is 10.3. The number of ether oxygens (including phenoxy) is 1. The van der Waals surface area contributed by atoms with Crippen LogP contribution >= 0.6 is 24.0 Å². The van der Waals surface area contributed by atoms with E-state index in [1.54, 1.807) is 19.1 Å². The Balaban J connectivity index is 0.00000280. The van der Waals surface area contributed by atoms with Crippen LogP contribution in [0.15, 0.2) is 47.6 Å². The number of amides is 1. The Morgan fingerprint density at radius 3 is 2.86 bits per heavy atom. The van der Waals surface area contributed by atoms with Gasteiger partial charge in [-0.25, -0.2) is 0 Å². The second-order valence-corrected chi connectivity index (χ2v) is 6.48. The quantitative estimate of drug-likeness (QED) is 0.379. The molecule has 1 atom stereocenters. The predicted octanol–water partition coefficient (Wildman–Crippen LogP) is 2.49. The average Bonchev–Trinajstić information content (AvgIpc) is 3.06. The van der Waals surface area contributed by atoms with Gasteiger partial charge in [-0.1, -0.05) is 12.1 Å². The van der Waals surface area contributed by atoms with E-state index in [-0.39, 0.29) is 35.9 Å². The summed E-state index contributed by atoms with van der Waals surface area (Å²) in [5.41, 5.74) is 2.91. The average molecular weight is 495 g/mol. The van der Waals surface area contributed by atoms with Crippen molar-refractivity contribution in [1.29, 1.82) is 0 Å². The van der Waals surface area contributed by atoms with Gasteiger partial charge < -0.3 is 20.3 Å². The van der Waals surface area contributed by atoms with Gasteiger partial charge in [0.15, 0.2) is 5.96 Å². The van der Waals surface area contributed by atoms with Crippen LogP contribution in [0.2, 0.25) is 0 Å². The molecule has 3 rings (SSSR count). The van der Waals surface area contributed by atoms with Crippen LogP contribution in [0, 0.1) is 6.92 Å². The van der Waals surface area contributed by atoms with E-state index in [4.69, 9.17) is 4.74 Å². The number of nitrogens with zero attached hydrogens (tertiary/aromatic N) is 3. The molecule has 1 amide bonds. The SMILES string of the molecule is CN=C(NCc1ccc(C)nc1)NC1CC(=O)N(c2cccc(OC)c2)C1.I. The van der Waals surface area contributed by atoms with Crippen molar-refractivity contribution in [3.63, 3.8) is 0 Å². The molecule has 28 heavy (non-hydrogen) atoms. The molecule has 1 aliphatic heterocycles. The van der Waals surface area contributed by atoms with Crippen molar-refractivity contribution < 1.29 is 9.53 Å². The predicted molar refractivity (Wildman–Crippen MR) is 121 cm³/mol. The highest BCUT2D eigenvalue weighted by molar-refractivity contribution is 14.0. The molecule has 150 valence electrons. The topological polar surface area (TPSA) is 78.8 Å². The Morgan fingerprint density at radius 2 is 2.18 bits per heavy atom. The van der Waals surface area contributed by atoms with Crippen molar-refractivity contribution in [3.8, 4) is 5.75 Å². The molecule has 0 bridgehead atoms. The van der Waals surface area contributed by atoms with E-state index in [0.29, 0.717) is 25.5 Å². The third-order valence-corrected chi connectivity index (χ3v) is 4.49. The van der Waals surface area contributed by atoms with E-state index in [0.717, 1.165) is 22.7 Å². The summed E-state index contributed by atoms with van der Waals surface area (Å²) in [6.45, 7) is 3.16. The fraction of sp³-hybridized carbons (Fsp3) is 0.350. The van der Waals surface area contributed by atoms with E-state index in [1.165, 1.54) is 0 Å². The minimum atomic E-state index is -0.00829. The Kier molecular flexibility index (Phi) is 8.04. The molecule has 2 aromatic rings. The Labute approximate surface area is 182 Å². The fourth-order valence-electron chi connectivity index (χ4n) is 3.01. The van der Waals surface area contributed by atoms with Gasteiger partial charge in [-0.05, 0) is 30.7 Å². The lowest BCUT2D eigenvalue weighted by molar-refractivity contribution is -0.117. The number of nitrogens with one attached hydrogen (secondary N) is 2. The van der Waals surface area contributed by atoms with Crippen molar-refractivity contribution >= 4 is 41.5 Å². The summed E-state index contributed by atoms with van der Waals surface area (Å²) in [4.78, 5) is 22.8. The third-order valence-electron chi connectivity index (χ3n) is 4.49. The van der Waals surface area contributed by atoms with Gasteiger partial charge in [0.25, 0.3) is 0 Å². The Hall–Kier alpha value is -2.36. The number of anilines is 1. The number of halogens is 1. The number of aryl methyl sites for hydroxylation is 1. The lowest BCUT2D eigenvalue weighted by Gasteiger charge is -2.19. The Morgan fingerprint density at radius 1 is 1.36 bits per heavy atom. The molecule has 0 aliphatic carbocycles. The number of aromatic nitrogens is 1. The smallest absolute Gasteiger partial charge is 0.229 e. The van der Waals surface area contributed by atoms with Gasteiger partial charge in [0.05, 0.1) is 13.2 Å². The van der Waals surface area contributed by atoms with Crippen LogP contribution in [-0.4, -0.2) is 43.6 Å². The summed E-state index contributed by atoms with van der Waals surface area (Å²) in [6.07, 6.45) is 2.27. The molecule has 0 spiro atoms. The zero-order chi connectivity index (χ0) is 19.2. The highest BCUT2D eigenvalue weighted by Crippen LogP contribution is 2.25. The van der Waals surface area contributed by atoms with Gasteiger partial charge in [0.2, 0.25) is 5.91 Å². The molecular formula is C20H26IN5O2. The third kappa shape index (κ3) is 5.57. The first-order valence-electron chi connectivity index (χ1n) is 8.92. The minimum absolute atomic E-state index is 0. The maximum atomic E-state index is 12.4. The minimum Gasteiger partial charge on any atom is -0.497 e. The number of pyridine rings is 1. The van der Waals surface area contributed by atoms with E-state index in [2.05, 4.69) is 20.6 Å². The molecule has 1 unspecified atom stereocenters. The first kappa shape index (κ1) is 21.9. The molecule has 1 aromatic carbocycles. The van der Waals surface area contributed by atoms with E-state index in [9.17, 15) is 4.79 Å². The van der Waals surface area contributed by atoms with Crippen LogP contribution in [0.1, 0.15) is 17.7 Å². The number of carbonyl (C=O) groups excluding carboxylic acids is 1. The molecule has 2 heterocycles. The number of hydrogen-bond acceptors (Lipinski definition) is 4. The standard InChI is InChI=1S/C20H25N5O2.HI/c1-14-7-8-15(11-22-14)12-23-20(21-2)24-16-9-19(26)25(13-16)17-5-4-6-18(10-17)27-3;/h4-8,10-11,16H,9,12-13H2,1-3H3,(H2,21,23,24);1H. The van der Waals surface area contributed by atoms with Crippen LogP contribution in [0.4, 0.5) is 5.69 Å². The molecule has 1 aliphatic rings. The largest absolute Gasteiger partial charge is 0.497 e. The second-order valence-electron chi connectivity index (χ2n) is 6.48. The maximum absolute atomic E-state index is 12.4. The van der Waals surface area contributed by atoms with E-state index >= 15 is 0 Å². The summed E-state index contributed by atoms with van der Waals surface area (Å²) in [5, 5.41) is 6.60. The number of guanidine groups is 1. The summed E-state index contributed by atoms with van der Waals surface area (Å²) in [6, 6.07) is 11.6. The zero-order valence-corrected chi connectivity index (χ0v) is 18.6. The summed E-state index contributed by atoms with van der Waals surface area (Å²) >= 11 is 0. The highest BCUT2D eigenvalue weighted by atomic mass is 127. The molecule has 0 saturated carbocycles. The van der Waals surface area contributed by atoms with Gasteiger partial charge >= 0.3 is 0 Å². The van der Waals surface area contributed by atoms with Crippen LogP contribution in [-0.2, 0) is 11.3 Å². The van der Waals surface area contributed by atoms with Gasteiger partial charge in [-0.15, -0.1) is 24.0 Å². The number of methoxy groups -OCH3 is 1. The summed E-state index contributed by atoms with van der Waals surface area (Å²) in [5.74, 6) is 1.49. The first-order valence-corrected chi connectivity index (χ1v) is 8.92. The van der Waals surface area contributed by atoms with Crippen LogP contribution in [0.3, 0.4) is 0 Å². The number of hydrogen-bond donors (Lipinski definition) is 2. The monoisotopic (exact) mass is 495 g/mol. The lowest BCUT2D eigenvalue weighted by Crippen LogP contribution is -2.44. The number of aliphatic imine (C=N–C) groups is 1. The molecule has 7 nitrogen and oxygen atoms in total. The lowest BCUT2D eigenvalue weighted by atomic mass is 10.2.